The number of rotatable bonds is 3. The summed E-state index contributed by atoms with van der Waals surface area (Å²) in [5.74, 6) is 0.166. The van der Waals surface area contributed by atoms with Crippen molar-refractivity contribution in [1.29, 1.82) is 0 Å². The molecule has 0 spiro atoms. The van der Waals surface area contributed by atoms with E-state index in [0.717, 1.165) is 43.4 Å². The van der Waals surface area contributed by atoms with Crippen molar-refractivity contribution < 1.29 is 19.4 Å². The fourth-order valence-corrected chi connectivity index (χ4v) is 6.92. The maximum Gasteiger partial charge on any atom is 0.310 e. The van der Waals surface area contributed by atoms with Crippen molar-refractivity contribution in [3.05, 3.63) is 12.2 Å². The van der Waals surface area contributed by atoms with Gasteiger partial charge in [0.05, 0.1) is 11.8 Å². The molecule has 5 saturated carbocycles. The number of hydrogen-bond acceptors (Lipinski definition) is 3. The van der Waals surface area contributed by atoms with Crippen LogP contribution in [-0.2, 0) is 14.3 Å². The van der Waals surface area contributed by atoms with E-state index in [1.54, 1.807) is 0 Å². The van der Waals surface area contributed by atoms with Crippen molar-refractivity contribution in [2.45, 2.75) is 50.5 Å². The van der Waals surface area contributed by atoms with Crippen LogP contribution in [0.25, 0.3) is 0 Å². The van der Waals surface area contributed by atoms with Crippen LogP contribution < -0.4 is 0 Å². The Kier molecular flexibility index (Phi) is 2.82. The Morgan fingerprint density at radius 3 is 1.91 bits per heavy atom. The highest BCUT2D eigenvalue weighted by Gasteiger charge is 2.57. The Morgan fingerprint density at radius 2 is 1.39 bits per heavy atom. The van der Waals surface area contributed by atoms with E-state index >= 15 is 0 Å². The van der Waals surface area contributed by atoms with Gasteiger partial charge >= 0.3 is 11.9 Å². The number of fused-ring (bicyclic) bond motifs is 2. The average molecular weight is 316 g/mol. The van der Waals surface area contributed by atoms with Gasteiger partial charge in [-0.3, -0.25) is 9.59 Å². The number of aliphatic carboxylic acids is 1. The molecule has 0 heterocycles. The largest absolute Gasteiger partial charge is 0.481 e. The molecule has 23 heavy (non-hydrogen) atoms. The van der Waals surface area contributed by atoms with E-state index in [1.165, 1.54) is 19.3 Å². The molecular weight excluding hydrogens is 292 g/mol. The number of carboxylic acid groups (broad SMARTS) is 1. The summed E-state index contributed by atoms with van der Waals surface area (Å²) in [4.78, 5) is 24.5. The summed E-state index contributed by atoms with van der Waals surface area (Å²) in [6.07, 6.45) is 11.8. The zero-order valence-electron chi connectivity index (χ0n) is 13.3. The number of ether oxygens (including phenoxy) is 1. The molecule has 0 saturated heterocycles. The van der Waals surface area contributed by atoms with Gasteiger partial charge in [0, 0.05) is 0 Å². The standard InChI is InChI=1S/C19H24O4/c20-17(21)15-13-1-2-14(6-13)16(15)18(22)23-19-7-10-3-11(8-19)5-12(4-10)9-19/h1-2,10-16H,3-9H2,(H,20,21). The Bertz CT molecular complexity index is 557. The molecule has 4 atom stereocenters. The van der Waals surface area contributed by atoms with Gasteiger partial charge in [-0.25, -0.2) is 0 Å². The molecule has 0 radical (unpaired) electrons. The quantitative estimate of drug-likeness (QED) is 0.642. The zero-order chi connectivity index (χ0) is 15.8. The molecule has 5 fully saturated rings. The van der Waals surface area contributed by atoms with Crippen LogP contribution in [0, 0.1) is 41.4 Å². The summed E-state index contributed by atoms with van der Waals surface area (Å²) in [5, 5.41) is 9.54. The van der Waals surface area contributed by atoms with Gasteiger partial charge in [0.1, 0.15) is 5.60 Å². The van der Waals surface area contributed by atoms with Gasteiger partial charge in [-0.05, 0) is 74.5 Å². The number of esters is 1. The summed E-state index contributed by atoms with van der Waals surface area (Å²) < 4.78 is 6.13. The normalized spacial score (nSPS) is 52.1. The second-order valence-electron chi connectivity index (χ2n) is 8.86. The van der Waals surface area contributed by atoms with Gasteiger partial charge in [0.25, 0.3) is 0 Å². The molecule has 6 aliphatic carbocycles. The third-order valence-corrected chi connectivity index (χ3v) is 7.32. The van der Waals surface area contributed by atoms with Gasteiger partial charge < -0.3 is 9.84 Å². The predicted molar refractivity (Wildman–Crippen MR) is 82.3 cm³/mol. The Morgan fingerprint density at radius 1 is 0.870 bits per heavy atom. The number of carbonyl (C=O) groups is 2. The monoisotopic (exact) mass is 316 g/mol. The summed E-state index contributed by atoms with van der Waals surface area (Å²) in [6.45, 7) is 0. The topological polar surface area (TPSA) is 63.6 Å². The van der Waals surface area contributed by atoms with Crippen molar-refractivity contribution in [3.8, 4) is 0 Å². The molecule has 0 amide bonds. The van der Waals surface area contributed by atoms with Crippen molar-refractivity contribution >= 4 is 11.9 Å². The molecule has 0 aliphatic heterocycles. The van der Waals surface area contributed by atoms with E-state index in [1.807, 2.05) is 12.2 Å². The predicted octanol–water partition coefficient (Wildman–Crippen LogP) is 3.02. The molecule has 4 nitrogen and oxygen atoms in total. The summed E-state index contributed by atoms with van der Waals surface area (Å²) in [6, 6.07) is 0. The molecular formula is C19H24O4. The second-order valence-corrected chi connectivity index (χ2v) is 8.86. The van der Waals surface area contributed by atoms with E-state index in [0.29, 0.717) is 0 Å². The van der Waals surface area contributed by atoms with E-state index in [9.17, 15) is 14.7 Å². The fourth-order valence-electron chi connectivity index (χ4n) is 6.92. The highest BCUT2D eigenvalue weighted by molar-refractivity contribution is 5.83. The smallest absolute Gasteiger partial charge is 0.310 e. The minimum atomic E-state index is -0.839. The van der Waals surface area contributed by atoms with E-state index in [2.05, 4.69) is 0 Å². The van der Waals surface area contributed by atoms with Gasteiger partial charge in [0.15, 0.2) is 0 Å². The van der Waals surface area contributed by atoms with Crippen LogP contribution in [0.2, 0.25) is 0 Å². The molecule has 124 valence electrons. The first-order valence-corrected chi connectivity index (χ1v) is 9.17. The average Bonchev–Trinajstić information content (AvgIpc) is 3.05. The number of carbonyl (C=O) groups excluding carboxylic acids is 1. The molecule has 6 aliphatic rings. The minimum Gasteiger partial charge on any atom is -0.481 e. The highest BCUT2D eigenvalue weighted by Crippen LogP contribution is 2.58. The number of hydrogen-bond donors (Lipinski definition) is 1. The molecule has 4 heteroatoms. The first-order chi connectivity index (χ1) is 11.0. The molecule has 6 bridgehead atoms. The summed E-state index contributed by atoms with van der Waals surface area (Å²) in [5.41, 5.74) is -0.263. The maximum atomic E-state index is 12.9. The zero-order valence-corrected chi connectivity index (χ0v) is 13.3. The summed E-state index contributed by atoms with van der Waals surface area (Å²) >= 11 is 0. The first-order valence-electron chi connectivity index (χ1n) is 9.17. The van der Waals surface area contributed by atoms with Crippen molar-refractivity contribution in [3.63, 3.8) is 0 Å². The second kappa shape index (κ2) is 4.61. The molecule has 1 N–H and O–H groups in total. The van der Waals surface area contributed by atoms with Gasteiger partial charge in [-0.15, -0.1) is 0 Å². The lowest BCUT2D eigenvalue weighted by atomic mass is 9.54. The van der Waals surface area contributed by atoms with Crippen molar-refractivity contribution in [1.82, 2.24) is 0 Å². The van der Waals surface area contributed by atoms with Crippen LogP contribution in [0.1, 0.15) is 44.9 Å². The number of allylic oxidation sites excluding steroid dienone is 2. The third kappa shape index (κ3) is 2.03. The van der Waals surface area contributed by atoms with Gasteiger partial charge in [-0.1, -0.05) is 12.2 Å². The summed E-state index contributed by atoms with van der Waals surface area (Å²) in [7, 11) is 0. The van der Waals surface area contributed by atoms with Crippen LogP contribution in [-0.4, -0.2) is 22.6 Å². The fraction of sp³-hybridized carbons (Fsp3) is 0.789. The Hall–Kier alpha value is -1.32. The number of carboxylic acids is 1. The van der Waals surface area contributed by atoms with E-state index < -0.39 is 17.8 Å². The first kappa shape index (κ1) is 14.1. The lowest BCUT2D eigenvalue weighted by molar-refractivity contribution is -0.194. The van der Waals surface area contributed by atoms with Crippen LogP contribution in [0.15, 0.2) is 12.2 Å². The third-order valence-electron chi connectivity index (χ3n) is 7.32. The van der Waals surface area contributed by atoms with Crippen LogP contribution in [0.4, 0.5) is 0 Å². The van der Waals surface area contributed by atoms with Gasteiger partial charge in [0.2, 0.25) is 0 Å². The molecule has 0 aromatic carbocycles. The SMILES string of the molecule is O=C(O)C1C2C=CC(C2)C1C(=O)OC12CC3CC(CC(C3)C1)C2. The maximum absolute atomic E-state index is 12.9. The lowest BCUT2D eigenvalue weighted by Crippen LogP contribution is -2.53. The molecule has 0 aromatic rings. The van der Waals surface area contributed by atoms with Crippen molar-refractivity contribution in [2.75, 3.05) is 0 Å². The van der Waals surface area contributed by atoms with Crippen LogP contribution in [0.5, 0.6) is 0 Å². The van der Waals surface area contributed by atoms with E-state index in [4.69, 9.17) is 4.74 Å². The minimum absolute atomic E-state index is 0.0198. The highest BCUT2D eigenvalue weighted by atomic mass is 16.6. The Balaban J connectivity index is 1.37. The Labute approximate surface area is 136 Å². The van der Waals surface area contributed by atoms with E-state index in [-0.39, 0.29) is 23.4 Å². The van der Waals surface area contributed by atoms with Crippen molar-refractivity contribution in [2.24, 2.45) is 41.4 Å². The molecule has 0 aromatic heterocycles. The van der Waals surface area contributed by atoms with Crippen LogP contribution >= 0.6 is 0 Å². The van der Waals surface area contributed by atoms with Gasteiger partial charge in [-0.2, -0.15) is 0 Å². The lowest BCUT2D eigenvalue weighted by Gasteiger charge is -2.56. The molecule has 6 rings (SSSR count). The molecule has 4 unspecified atom stereocenters. The van der Waals surface area contributed by atoms with Crippen LogP contribution in [0.3, 0.4) is 0 Å².